The van der Waals surface area contributed by atoms with Gasteiger partial charge < -0.3 is 14.2 Å². The Hall–Kier alpha value is -3.07. The Labute approximate surface area is 178 Å². The fourth-order valence-corrected chi connectivity index (χ4v) is 3.61. The van der Waals surface area contributed by atoms with Gasteiger partial charge in [-0.25, -0.2) is 0 Å². The molecule has 0 amide bonds. The lowest BCUT2D eigenvalue weighted by molar-refractivity contribution is -0.137. The van der Waals surface area contributed by atoms with Crippen LogP contribution in [0.5, 0.6) is 5.75 Å². The highest BCUT2D eigenvalue weighted by Crippen LogP contribution is 2.32. The molecule has 3 aromatic rings. The molecule has 164 valence electrons. The lowest BCUT2D eigenvalue weighted by Crippen LogP contribution is -2.46. The van der Waals surface area contributed by atoms with Gasteiger partial charge in [0.25, 0.3) is 0 Å². The number of para-hydroxylation sites is 2. The van der Waals surface area contributed by atoms with Gasteiger partial charge in [0.05, 0.1) is 24.4 Å². The third-order valence-electron chi connectivity index (χ3n) is 5.15. The second-order valence-electron chi connectivity index (χ2n) is 7.25. The molecule has 9 heteroatoms. The summed E-state index contributed by atoms with van der Waals surface area (Å²) in [5, 5.41) is 3.86. The molecule has 0 atom stereocenters. The van der Waals surface area contributed by atoms with Crippen molar-refractivity contribution in [2.75, 3.05) is 37.7 Å². The van der Waals surface area contributed by atoms with E-state index < -0.39 is 11.7 Å². The van der Waals surface area contributed by atoms with Crippen LogP contribution < -0.4 is 9.64 Å². The highest BCUT2D eigenvalue weighted by Gasteiger charge is 2.31. The van der Waals surface area contributed by atoms with Crippen molar-refractivity contribution in [3.05, 3.63) is 60.0 Å². The Balaban J connectivity index is 1.38. The summed E-state index contributed by atoms with van der Waals surface area (Å²) in [6.45, 7) is 6.25. The number of rotatable bonds is 6. The lowest BCUT2D eigenvalue weighted by atomic mass is 10.1. The molecule has 0 saturated carbocycles. The van der Waals surface area contributed by atoms with Gasteiger partial charge in [-0.05, 0) is 31.2 Å². The topological polar surface area (TPSA) is 54.6 Å². The van der Waals surface area contributed by atoms with Gasteiger partial charge in [-0.15, -0.1) is 0 Å². The van der Waals surface area contributed by atoms with E-state index in [0.717, 1.165) is 49.7 Å². The highest BCUT2D eigenvalue weighted by atomic mass is 19.4. The fraction of sp³-hybridized carbons (Fsp3) is 0.364. The highest BCUT2D eigenvalue weighted by molar-refractivity contribution is 5.59. The van der Waals surface area contributed by atoms with E-state index >= 15 is 0 Å². The van der Waals surface area contributed by atoms with Crippen LogP contribution >= 0.6 is 0 Å². The van der Waals surface area contributed by atoms with Crippen molar-refractivity contribution in [2.45, 2.75) is 19.6 Å². The van der Waals surface area contributed by atoms with E-state index in [4.69, 9.17) is 9.26 Å². The van der Waals surface area contributed by atoms with Crippen LogP contribution in [0.2, 0.25) is 0 Å². The van der Waals surface area contributed by atoms with Gasteiger partial charge in [0.2, 0.25) is 11.7 Å². The SMILES string of the molecule is CCOc1ccccc1N1CCN(Cc2nc(-c3cccc(C(F)(F)F)c3)no2)CC1. The van der Waals surface area contributed by atoms with Gasteiger partial charge in [-0.3, -0.25) is 4.90 Å². The van der Waals surface area contributed by atoms with E-state index in [1.54, 1.807) is 6.07 Å². The molecule has 4 rings (SSSR count). The molecule has 31 heavy (non-hydrogen) atoms. The predicted molar refractivity (Wildman–Crippen MR) is 110 cm³/mol. The van der Waals surface area contributed by atoms with Gasteiger partial charge in [-0.1, -0.05) is 29.4 Å². The maximum Gasteiger partial charge on any atom is 0.416 e. The molecule has 0 spiro atoms. The first-order valence-electron chi connectivity index (χ1n) is 10.1. The molecule has 0 radical (unpaired) electrons. The van der Waals surface area contributed by atoms with Gasteiger partial charge in [0, 0.05) is 31.7 Å². The number of halogens is 3. The number of hydrogen-bond donors (Lipinski definition) is 0. The number of alkyl halides is 3. The summed E-state index contributed by atoms with van der Waals surface area (Å²) in [6.07, 6.45) is -4.41. The number of anilines is 1. The van der Waals surface area contributed by atoms with Gasteiger partial charge in [0.1, 0.15) is 5.75 Å². The summed E-state index contributed by atoms with van der Waals surface area (Å²) in [5.41, 5.74) is 0.621. The first-order valence-corrected chi connectivity index (χ1v) is 10.1. The third-order valence-corrected chi connectivity index (χ3v) is 5.15. The standard InChI is InChI=1S/C22H23F3N4O2/c1-2-30-19-9-4-3-8-18(19)29-12-10-28(11-13-29)15-20-26-21(27-31-20)16-6-5-7-17(14-16)22(23,24)25/h3-9,14H,2,10-13,15H2,1H3. The number of nitrogens with zero attached hydrogens (tertiary/aromatic N) is 4. The quantitative estimate of drug-likeness (QED) is 0.573. The summed E-state index contributed by atoms with van der Waals surface area (Å²) in [4.78, 5) is 8.76. The number of aromatic nitrogens is 2. The molecule has 1 aliphatic heterocycles. The molecule has 0 bridgehead atoms. The Kier molecular flexibility index (Phi) is 6.13. The van der Waals surface area contributed by atoms with E-state index in [9.17, 15) is 13.2 Å². The van der Waals surface area contributed by atoms with Crippen molar-refractivity contribution < 1.29 is 22.4 Å². The molecule has 2 heterocycles. The molecular formula is C22H23F3N4O2. The van der Waals surface area contributed by atoms with E-state index in [0.29, 0.717) is 19.0 Å². The lowest BCUT2D eigenvalue weighted by Gasteiger charge is -2.36. The molecule has 2 aromatic carbocycles. The van der Waals surface area contributed by atoms with Crippen LogP contribution in [0.3, 0.4) is 0 Å². The van der Waals surface area contributed by atoms with Crippen molar-refractivity contribution in [1.29, 1.82) is 0 Å². The molecule has 6 nitrogen and oxygen atoms in total. The Morgan fingerprint density at radius 3 is 2.55 bits per heavy atom. The summed E-state index contributed by atoms with van der Waals surface area (Å²) < 4.78 is 49.8. The van der Waals surface area contributed by atoms with Crippen molar-refractivity contribution in [1.82, 2.24) is 15.0 Å². The first kappa shape index (κ1) is 21.2. The number of hydrogen-bond acceptors (Lipinski definition) is 6. The zero-order valence-corrected chi connectivity index (χ0v) is 17.1. The van der Waals surface area contributed by atoms with Crippen molar-refractivity contribution >= 4 is 5.69 Å². The molecule has 0 aliphatic carbocycles. The summed E-state index contributed by atoms with van der Waals surface area (Å²) >= 11 is 0. The van der Waals surface area contributed by atoms with Crippen LogP contribution in [0.4, 0.5) is 18.9 Å². The van der Waals surface area contributed by atoms with Crippen LogP contribution in [0.1, 0.15) is 18.4 Å². The molecule has 1 fully saturated rings. The second kappa shape index (κ2) is 8.97. The minimum Gasteiger partial charge on any atom is -0.492 e. The van der Waals surface area contributed by atoms with Gasteiger partial charge in [-0.2, -0.15) is 18.2 Å². The van der Waals surface area contributed by atoms with E-state index in [1.165, 1.54) is 6.07 Å². The first-order chi connectivity index (χ1) is 14.9. The average molecular weight is 432 g/mol. The Morgan fingerprint density at radius 1 is 1.03 bits per heavy atom. The molecular weight excluding hydrogens is 409 g/mol. The average Bonchev–Trinajstić information content (AvgIpc) is 3.23. The maximum absolute atomic E-state index is 12.9. The van der Waals surface area contributed by atoms with Crippen molar-refractivity contribution in [2.24, 2.45) is 0 Å². The van der Waals surface area contributed by atoms with Crippen LogP contribution in [-0.2, 0) is 12.7 Å². The Bertz CT molecular complexity index is 1010. The zero-order chi connectivity index (χ0) is 21.8. The number of ether oxygens (including phenoxy) is 1. The minimum absolute atomic E-state index is 0.158. The summed E-state index contributed by atoms with van der Waals surface area (Å²) in [6, 6.07) is 12.9. The molecule has 1 aromatic heterocycles. The third kappa shape index (κ3) is 4.99. The van der Waals surface area contributed by atoms with E-state index in [2.05, 4.69) is 26.0 Å². The van der Waals surface area contributed by atoms with Crippen LogP contribution in [0.15, 0.2) is 53.1 Å². The van der Waals surface area contributed by atoms with Crippen molar-refractivity contribution in [3.63, 3.8) is 0 Å². The van der Waals surface area contributed by atoms with Crippen molar-refractivity contribution in [3.8, 4) is 17.1 Å². The largest absolute Gasteiger partial charge is 0.492 e. The van der Waals surface area contributed by atoms with Crippen LogP contribution in [0.25, 0.3) is 11.4 Å². The molecule has 1 aliphatic rings. The van der Waals surface area contributed by atoms with Gasteiger partial charge in [0.15, 0.2) is 0 Å². The fourth-order valence-electron chi connectivity index (χ4n) is 3.61. The maximum atomic E-state index is 12.9. The summed E-state index contributed by atoms with van der Waals surface area (Å²) in [5.74, 6) is 1.42. The zero-order valence-electron chi connectivity index (χ0n) is 17.1. The van der Waals surface area contributed by atoms with Crippen LogP contribution in [-0.4, -0.2) is 47.8 Å². The normalized spacial score (nSPS) is 15.3. The number of piperazine rings is 1. The smallest absolute Gasteiger partial charge is 0.416 e. The molecule has 1 saturated heterocycles. The van der Waals surface area contributed by atoms with Crippen LogP contribution in [0, 0.1) is 0 Å². The Morgan fingerprint density at radius 2 is 1.81 bits per heavy atom. The van der Waals surface area contributed by atoms with Gasteiger partial charge >= 0.3 is 6.18 Å². The molecule has 0 N–H and O–H groups in total. The monoisotopic (exact) mass is 432 g/mol. The molecule has 0 unspecified atom stereocenters. The minimum atomic E-state index is -4.41. The number of benzene rings is 2. The predicted octanol–water partition coefficient (Wildman–Crippen LogP) is 4.48. The van der Waals surface area contributed by atoms with E-state index in [1.807, 2.05) is 25.1 Å². The second-order valence-corrected chi connectivity index (χ2v) is 7.25. The van der Waals surface area contributed by atoms with E-state index in [-0.39, 0.29) is 11.4 Å². The summed E-state index contributed by atoms with van der Waals surface area (Å²) in [7, 11) is 0.